The van der Waals surface area contributed by atoms with Crippen molar-refractivity contribution in [1.29, 1.82) is 0 Å². The van der Waals surface area contributed by atoms with Gasteiger partial charge in [0.05, 0.1) is 11.9 Å². The van der Waals surface area contributed by atoms with Crippen LogP contribution in [-0.4, -0.2) is 49.5 Å². The van der Waals surface area contributed by atoms with Gasteiger partial charge >= 0.3 is 0 Å². The quantitative estimate of drug-likeness (QED) is 0.583. The molecule has 0 heterocycles. The van der Waals surface area contributed by atoms with Gasteiger partial charge in [0.2, 0.25) is 21.8 Å². The maximum Gasteiger partial charge on any atom is 0.244 e. The number of carbonyl (C=O) groups is 2. The molecule has 0 aliphatic heterocycles. The molecule has 186 valence electrons. The van der Waals surface area contributed by atoms with Gasteiger partial charge in [-0.15, -0.1) is 0 Å². The van der Waals surface area contributed by atoms with Gasteiger partial charge in [0.15, 0.2) is 0 Å². The Morgan fingerprint density at radius 1 is 1.03 bits per heavy atom. The molecule has 0 spiro atoms. The number of aryl methyl sites for hydroxylation is 2. The van der Waals surface area contributed by atoms with E-state index in [2.05, 4.69) is 5.32 Å². The molecule has 7 nitrogen and oxygen atoms in total. The fourth-order valence-corrected chi connectivity index (χ4v) is 4.74. The minimum absolute atomic E-state index is 0.195. The number of nitrogens with zero attached hydrogens (tertiary/aromatic N) is 2. The van der Waals surface area contributed by atoms with Crippen LogP contribution >= 0.6 is 0 Å². The van der Waals surface area contributed by atoms with E-state index < -0.39 is 34.1 Å². The van der Waals surface area contributed by atoms with Crippen molar-refractivity contribution in [2.24, 2.45) is 0 Å². The van der Waals surface area contributed by atoms with Crippen LogP contribution in [-0.2, 0) is 26.2 Å². The Kier molecular flexibility index (Phi) is 8.89. The van der Waals surface area contributed by atoms with E-state index in [1.54, 1.807) is 6.07 Å². The van der Waals surface area contributed by atoms with Crippen LogP contribution in [0.15, 0.2) is 48.5 Å². The summed E-state index contributed by atoms with van der Waals surface area (Å²) in [7, 11) is -3.75. The highest BCUT2D eigenvalue weighted by Gasteiger charge is 2.33. The number of anilines is 1. The van der Waals surface area contributed by atoms with Crippen LogP contribution in [0.3, 0.4) is 0 Å². The summed E-state index contributed by atoms with van der Waals surface area (Å²) in [5, 5.41) is 2.96. The van der Waals surface area contributed by atoms with Gasteiger partial charge in [-0.2, -0.15) is 0 Å². The number of amides is 2. The predicted octanol–water partition coefficient (Wildman–Crippen LogP) is 3.79. The first-order chi connectivity index (χ1) is 15.7. The Balaban J connectivity index is 2.46. The van der Waals surface area contributed by atoms with E-state index in [9.17, 15) is 18.0 Å². The van der Waals surface area contributed by atoms with E-state index in [1.807, 2.05) is 84.0 Å². The SMILES string of the molecule is CC[C@H](C(=O)NC(C)(C)C)N(Cc1ccccc1)C(=O)CN(c1ccc(C)cc1C)S(C)(=O)=O. The molecule has 1 N–H and O–H groups in total. The Morgan fingerprint density at radius 3 is 2.15 bits per heavy atom. The summed E-state index contributed by atoms with van der Waals surface area (Å²) in [4.78, 5) is 28.3. The second-order valence-electron chi connectivity index (χ2n) is 9.73. The van der Waals surface area contributed by atoms with Crippen LogP contribution < -0.4 is 9.62 Å². The summed E-state index contributed by atoms with van der Waals surface area (Å²) in [6, 6.07) is 14.0. The molecule has 2 amide bonds. The Morgan fingerprint density at radius 2 is 1.65 bits per heavy atom. The zero-order valence-electron chi connectivity index (χ0n) is 21.3. The molecule has 8 heteroatoms. The third kappa shape index (κ3) is 7.58. The lowest BCUT2D eigenvalue weighted by molar-refractivity contribution is -0.141. The van der Waals surface area contributed by atoms with Gasteiger partial charge in [-0.3, -0.25) is 13.9 Å². The predicted molar refractivity (Wildman–Crippen MR) is 137 cm³/mol. The van der Waals surface area contributed by atoms with Gasteiger partial charge in [-0.25, -0.2) is 8.42 Å². The third-order valence-electron chi connectivity index (χ3n) is 5.38. The van der Waals surface area contributed by atoms with Crippen LogP contribution in [0.1, 0.15) is 50.8 Å². The summed E-state index contributed by atoms with van der Waals surface area (Å²) in [5.41, 5.74) is 2.59. The fourth-order valence-electron chi connectivity index (χ4n) is 3.83. The second kappa shape index (κ2) is 11.0. The van der Waals surface area contributed by atoms with E-state index in [4.69, 9.17) is 0 Å². The number of sulfonamides is 1. The van der Waals surface area contributed by atoms with E-state index in [0.717, 1.165) is 27.3 Å². The van der Waals surface area contributed by atoms with Crippen LogP contribution in [0.4, 0.5) is 5.69 Å². The van der Waals surface area contributed by atoms with E-state index >= 15 is 0 Å². The van der Waals surface area contributed by atoms with E-state index in [1.165, 1.54) is 4.90 Å². The molecule has 0 bridgehead atoms. The minimum Gasteiger partial charge on any atom is -0.350 e. The molecular formula is C26H37N3O4S. The number of hydrogen-bond acceptors (Lipinski definition) is 4. The van der Waals surface area contributed by atoms with Crippen molar-refractivity contribution in [3.63, 3.8) is 0 Å². The zero-order chi connectivity index (χ0) is 25.7. The van der Waals surface area contributed by atoms with Crippen LogP contribution in [0.2, 0.25) is 0 Å². The summed E-state index contributed by atoms with van der Waals surface area (Å²) < 4.78 is 26.6. The molecule has 2 aromatic carbocycles. The van der Waals surface area contributed by atoms with Crippen LogP contribution in [0.25, 0.3) is 0 Å². The Hall–Kier alpha value is -2.87. The average Bonchev–Trinajstić information content (AvgIpc) is 2.71. The molecule has 0 aromatic heterocycles. The number of hydrogen-bond donors (Lipinski definition) is 1. The summed E-state index contributed by atoms with van der Waals surface area (Å²) in [6.45, 7) is 11.0. The van der Waals surface area contributed by atoms with Gasteiger partial charge < -0.3 is 10.2 Å². The highest BCUT2D eigenvalue weighted by Crippen LogP contribution is 2.24. The van der Waals surface area contributed by atoms with Crippen molar-refractivity contribution < 1.29 is 18.0 Å². The number of rotatable bonds is 9. The van der Waals surface area contributed by atoms with Crippen molar-refractivity contribution in [2.45, 2.75) is 66.1 Å². The fraction of sp³-hybridized carbons (Fsp3) is 0.462. The monoisotopic (exact) mass is 487 g/mol. The first-order valence-electron chi connectivity index (χ1n) is 11.4. The highest BCUT2D eigenvalue weighted by atomic mass is 32.2. The maximum absolute atomic E-state index is 13.7. The lowest BCUT2D eigenvalue weighted by Gasteiger charge is -2.34. The van der Waals surface area contributed by atoms with Crippen molar-refractivity contribution >= 4 is 27.5 Å². The molecule has 0 unspecified atom stereocenters. The molecule has 34 heavy (non-hydrogen) atoms. The molecule has 0 saturated carbocycles. The molecule has 2 rings (SSSR count). The van der Waals surface area contributed by atoms with Gasteiger partial charge in [-0.1, -0.05) is 55.0 Å². The third-order valence-corrected chi connectivity index (χ3v) is 6.51. The van der Waals surface area contributed by atoms with E-state index in [0.29, 0.717) is 12.1 Å². The smallest absolute Gasteiger partial charge is 0.244 e. The number of carbonyl (C=O) groups excluding carboxylic acids is 2. The standard InChI is InChI=1S/C26H37N3O4S/c1-8-22(25(31)27-26(4,5)6)28(17-21-12-10-9-11-13-21)24(30)18-29(34(7,32)33)23-15-14-19(2)16-20(23)3/h9-16,22H,8,17-18H2,1-7H3,(H,27,31)/t22-/m1/s1. The summed E-state index contributed by atoms with van der Waals surface area (Å²) >= 11 is 0. The molecule has 0 fully saturated rings. The lowest BCUT2D eigenvalue weighted by atomic mass is 10.1. The molecule has 0 radical (unpaired) electrons. The Labute approximate surface area is 204 Å². The van der Waals surface area contributed by atoms with Crippen LogP contribution in [0, 0.1) is 13.8 Å². The number of benzene rings is 2. The van der Waals surface area contributed by atoms with Gasteiger partial charge in [0, 0.05) is 12.1 Å². The molecular weight excluding hydrogens is 450 g/mol. The first kappa shape index (κ1) is 27.4. The molecule has 1 atom stereocenters. The lowest BCUT2D eigenvalue weighted by Crippen LogP contribution is -2.55. The first-order valence-corrected chi connectivity index (χ1v) is 13.3. The highest BCUT2D eigenvalue weighted by molar-refractivity contribution is 7.92. The topological polar surface area (TPSA) is 86.8 Å². The van der Waals surface area contributed by atoms with E-state index in [-0.39, 0.29) is 12.5 Å². The van der Waals surface area contributed by atoms with Crippen molar-refractivity contribution in [3.05, 3.63) is 65.2 Å². The minimum atomic E-state index is -3.75. The molecule has 0 aliphatic rings. The second-order valence-corrected chi connectivity index (χ2v) is 11.6. The van der Waals surface area contributed by atoms with Gasteiger partial charge in [0.25, 0.3) is 0 Å². The average molecular weight is 488 g/mol. The Bertz CT molecular complexity index is 1110. The molecule has 0 saturated heterocycles. The molecule has 0 aliphatic carbocycles. The van der Waals surface area contributed by atoms with Crippen LogP contribution in [0.5, 0.6) is 0 Å². The van der Waals surface area contributed by atoms with Crippen molar-refractivity contribution in [3.8, 4) is 0 Å². The zero-order valence-corrected chi connectivity index (χ0v) is 22.1. The van der Waals surface area contributed by atoms with Gasteiger partial charge in [-0.05, 0) is 58.2 Å². The molecule has 2 aromatic rings. The van der Waals surface area contributed by atoms with Crippen molar-refractivity contribution in [1.82, 2.24) is 10.2 Å². The normalized spacial score (nSPS) is 12.7. The maximum atomic E-state index is 13.7. The largest absolute Gasteiger partial charge is 0.350 e. The van der Waals surface area contributed by atoms with Gasteiger partial charge in [0.1, 0.15) is 12.6 Å². The summed E-state index contributed by atoms with van der Waals surface area (Å²) in [5.74, 6) is -0.707. The summed E-state index contributed by atoms with van der Waals surface area (Å²) in [6.07, 6.45) is 1.48. The van der Waals surface area contributed by atoms with Crippen molar-refractivity contribution in [2.75, 3.05) is 17.1 Å². The number of nitrogens with one attached hydrogen (secondary N) is 1.